The van der Waals surface area contributed by atoms with Crippen molar-refractivity contribution in [2.75, 3.05) is 5.32 Å². The molecule has 1 fully saturated rings. The van der Waals surface area contributed by atoms with Gasteiger partial charge in [-0.05, 0) is 42.5 Å². The molecule has 0 aliphatic heterocycles. The Labute approximate surface area is 112 Å². The lowest BCUT2D eigenvalue weighted by atomic mass is 9.91. The Bertz CT molecular complexity index is 635. The molecule has 4 heteroatoms. The Hall–Kier alpha value is -1.81. The molecule has 19 heavy (non-hydrogen) atoms. The van der Waals surface area contributed by atoms with Crippen LogP contribution in [0.1, 0.15) is 25.7 Å². The Morgan fingerprint density at radius 1 is 1.21 bits per heavy atom. The first kappa shape index (κ1) is 12.2. The predicted octanol–water partition coefficient (Wildman–Crippen LogP) is 2.21. The van der Waals surface area contributed by atoms with Gasteiger partial charge in [0.05, 0.1) is 0 Å². The smallest absolute Gasteiger partial charge is 0.255 e. The molecule has 0 saturated heterocycles. The van der Waals surface area contributed by atoms with Gasteiger partial charge in [-0.15, -0.1) is 0 Å². The predicted molar refractivity (Wildman–Crippen MR) is 78.4 cm³/mol. The third-order valence-electron chi connectivity index (χ3n) is 3.94. The van der Waals surface area contributed by atoms with E-state index in [4.69, 9.17) is 5.73 Å². The van der Waals surface area contributed by atoms with Crippen LogP contribution in [-0.2, 0) is 0 Å². The molecule has 0 amide bonds. The fourth-order valence-corrected chi connectivity index (χ4v) is 2.83. The van der Waals surface area contributed by atoms with Crippen molar-refractivity contribution in [2.24, 2.45) is 5.73 Å². The topological polar surface area (TPSA) is 70.9 Å². The van der Waals surface area contributed by atoms with Crippen LogP contribution in [0, 0.1) is 0 Å². The van der Waals surface area contributed by atoms with Gasteiger partial charge in [-0.3, -0.25) is 4.79 Å². The summed E-state index contributed by atoms with van der Waals surface area (Å²) in [7, 11) is 0. The molecule has 1 aromatic heterocycles. The molecule has 0 bridgehead atoms. The van der Waals surface area contributed by atoms with Crippen LogP contribution in [0.2, 0.25) is 0 Å². The van der Waals surface area contributed by atoms with Crippen LogP contribution in [0.5, 0.6) is 0 Å². The molecular formula is C15H19N3O. The Morgan fingerprint density at radius 3 is 2.89 bits per heavy atom. The first-order valence-corrected chi connectivity index (χ1v) is 6.87. The lowest BCUT2D eigenvalue weighted by molar-refractivity contribution is 0.404. The standard InChI is InChI=1S/C15H19N3O/c16-13-3-1-2-4-14(13)18-11-5-6-12-10(9-11)7-8-17-15(12)19/h5-9,13-14,18H,1-4,16H2,(H,17,19)/t13?,14-/m0/s1. The Balaban J connectivity index is 1.87. The van der Waals surface area contributed by atoms with Crippen molar-refractivity contribution >= 4 is 16.5 Å². The van der Waals surface area contributed by atoms with E-state index in [0.29, 0.717) is 6.04 Å². The van der Waals surface area contributed by atoms with Gasteiger partial charge < -0.3 is 16.0 Å². The summed E-state index contributed by atoms with van der Waals surface area (Å²) in [5, 5.41) is 5.18. The van der Waals surface area contributed by atoms with E-state index in [1.807, 2.05) is 24.3 Å². The van der Waals surface area contributed by atoms with Crippen LogP contribution in [0.3, 0.4) is 0 Å². The molecule has 3 rings (SSSR count). The van der Waals surface area contributed by atoms with Gasteiger partial charge in [0.15, 0.2) is 0 Å². The van der Waals surface area contributed by atoms with E-state index in [1.165, 1.54) is 12.8 Å². The molecule has 100 valence electrons. The average Bonchev–Trinajstić information content (AvgIpc) is 2.42. The second-order valence-corrected chi connectivity index (χ2v) is 5.31. The van der Waals surface area contributed by atoms with E-state index in [2.05, 4.69) is 10.3 Å². The summed E-state index contributed by atoms with van der Waals surface area (Å²) in [6, 6.07) is 8.33. The minimum atomic E-state index is -0.0431. The van der Waals surface area contributed by atoms with Crippen LogP contribution in [-0.4, -0.2) is 17.1 Å². The molecule has 1 saturated carbocycles. The zero-order chi connectivity index (χ0) is 13.2. The SMILES string of the molecule is NC1CCCC[C@@H]1Nc1ccc2c(=O)[nH]ccc2c1. The quantitative estimate of drug-likeness (QED) is 0.772. The summed E-state index contributed by atoms with van der Waals surface area (Å²) in [6.45, 7) is 0. The molecule has 4 nitrogen and oxygen atoms in total. The summed E-state index contributed by atoms with van der Waals surface area (Å²) in [6.07, 6.45) is 6.35. The van der Waals surface area contributed by atoms with Crippen molar-refractivity contribution < 1.29 is 0 Å². The van der Waals surface area contributed by atoms with Crippen LogP contribution in [0.15, 0.2) is 35.3 Å². The zero-order valence-corrected chi connectivity index (χ0v) is 10.9. The fourth-order valence-electron chi connectivity index (χ4n) is 2.83. The van der Waals surface area contributed by atoms with E-state index in [1.54, 1.807) is 6.20 Å². The molecule has 1 aliphatic rings. The number of H-pyrrole nitrogens is 1. The molecule has 4 N–H and O–H groups in total. The van der Waals surface area contributed by atoms with Gasteiger partial charge in [-0.25, -0.2) is 0 Å². The van der Waals surface area contributed by atoms with Crippen molar-refractivity contribution in [1.29, 1.82) is 0 Å². The maximum Gasteiger partial charge on any atom is 0.255 e. The summed E-state index contributed by atoms with van der Waals surface area (Å²) in [5.74, 6) is 0. The first-order chi connectivity index (χ1) is 9.24. The Kier molecular flexibility index (Phi) is 3.25. The number of aromatic nitrogens is 1. The lowest BCUT2D eigenvalue weighted by Crippen LogP contribution is -2.42. The highest BCUT2D eigenvalue weighted by Gasteiger charge is 2.21. The number of anilines is 1. The zero-order valence-electron chi connectivity index (χ0n) is 10.9. The highest BCUT2D eigenvalue weighted by molar-refractivity contribution is 5.84. The number of nitrogens with two attached hydrogens (primary N) is 1. The van der Waals surface area contributed by atoms with E-state index >= 15 is 0 Å². The van der Waals surface area contributed by atoms with Crippen molar-refractivity contribution in [3.8, 4) is 0 Å². The highest BCUT2D eigenvalue weighted by atomic mass is 16.1. The molecule has 1 heterocycles. The van der Waals surface area contributed by atoms with Gasteiger partial charge in [0.25, 0.3) is 5.56 Å². The number of hydrogen-bond acceptors (Lipinski definition) is 3. The number of hydrogen-bond donors (Lipinski definition) is 3. The van der Waals surface area contributed by atoms with Crippen molar-refractivity contribution in [3.05, 3.63) is 40.8 Å². The minimum absolute atomic E-state index is 0.0431. The molecule has 0 radical (unpaired) electrons. The van der Waals surface area contributed by atoms with Gasteiger partial charge in [0, 0.05) is 29.4 Å². The summed E-state index contributed by atoms with van der Waals surface area (Å²) >= 11 is 0. The number of benzene rings is 1. The molecule has 0 spiro atoms. The van der Waals surface area contributed by atoms with Gasteiger partial charge >= 0.3 is 0 Å². The second kappa shape index (κ2) is 5.05. The molecule has 2 aromatic rings. The normalized spacial score (nSPS) is 23.4. The van der Waals surface area contributed by atoms with E-state index < -0.39 is 0 Å². The first-order valence-electron chi connectivity index (χ1n) is 6.87. The van der Waals surface area contributed by atoms with Crippen LogP contribution < -0.4 is 16.6 Å². The van der Waals surface area contributed by atoms with E-state index in [9.17, 15) is 4.79 Å². The molecule has 1 aliphatic carbocycles. The molecule has 1 unspecified atom stereocenters. The van der Waals surface area contributed by atoms with Gasteiger partial charge in [-0.1, -0.05) is 12.8 Å². The minimum Gasteiger partial charge on any atom is -0.381 e. The summed E-state index contributed by atoms with van der Waals surface area (Å²) < 4.78 is 0. The van der Waals surface area contributed by atoms with E-state index in [-0.39, 0.29) is 11.6 Å². The maximum atomic E-state index is 11.6. The summed E-state index contributed by atoms with van der Waals surface area (Å²) in [4.78, 5) is 14.3. The number of nitrogens with one attached hydrogen (secondary N) is 2. The molecule has 2 atom stereocenters. The average molecular weight is 257 g/mol. The second-order valence-electron chi connectivity index (χ2n) is 5.31. The number of rotatable bonds is 2. The number of fused-ring (bicyclic) bond motifs is 1. The Morgan fingerprint density at radius 2 is 2.05 bits per heavy atom. The van der Waals surface area contributed by atoms with Crippen LogP contribution in [0.25, 0.3) is 10.8 Å². The highest BCUT2D eigenvalue weighted by Crippen LogP contribution is 2.22. The lowest BCUT2D eigenvalue weighted by Gasteiger charge is -2.30. The van der Waals surface area contributed by atoms with Crippen molar-refractivity contribution in [3.63, 3.8) is 0 Å². The van der Waals surface area contributed by atoms with Crippen LogP contribution >= 0.6 is 0 Å². The summed E-state index contributed by atoms with van der Waals surface area (Å²) in [5.41, 5.74) is 7.15. The van der Waals surface area contributed by atoms with Crippen molar-refractivity contribution in [2.45, 2.75) is 37.8 Å². The van der Waals surface area contributed by atoms with Gasteiger partial charge in [0.1, 0.15) is 0 Å². The third kappa shape index (κ3) is 2.49. The van der Waals surface area contributed by atoms with Crippen LogP contribution in [0.4, 0.5) is 5.69 Å². The maximum absolute atomic E-state index is 11.6. The number of pyridine rings is 1. The van der Waals surface area contributed by atoms with Gasteiger partial charge in [0.2, 0.25) is 0 Å². The number of aromatic amines is 1. The molecule has 1 aromatic carbocycles. The van der Waals surface area contributed by atoms with E-state index in [0.717, 1.165) is 29.3 Å². The largest absolute Gasteiger partial charge is 0.381 e. The van der Waals surface area contributed by atoms with Gasteiger partial charge in [-0.2, -0.15) is 0 Å². The fraction of sp³-hybridized carbons (Fsp3) is 0.400. The monoisotopic (exact) mass is 257 g/mol. The molecular weight excluding hydrogens is 238 g/mol. The van der Waals surface area contributed by atoms with Crippen molar-refractivity contribution in [1.82, 2.24) is 4.98 Å². The third-order valence-corrected chi connectivity index (χ3v) is 3.94.